The molecule has 2 rings (SSSR count). The van der Waals surface area contributed by atoms with Crippen LogP contribution in [0.2, 0.25) is 0 Å². The van der Waals surface area contributed by atoms with Gasteiger partial charge in [0, 0.05) is 23.8 Å². The minimum absolute atomic E-state index is 0.0439. The zero-order valence-electron chi connectivity index (χ0n) is 11.7. The zero-order chi connectivity index (χ0) is 14.4. The van der Waals surface area contributed by atoms with Gasteiger partial charge in [0.25, 0.3) is 0 Å². The third kappa shape index (κ3) is 4.26. The highest BCUT2D eigenvalue weighted by Crippen LogP contribution is 2.18. The molecule has 0 aromatic heterocycles. The molecule has 1 aromatic rings. The van der Waals surface area contributed by atoms with Gasteiger partial charge in [0.2, 0.25) is 5.91 Å². The van der Waals surface area contributed by atoms with Crippen LogP contribution in [0.1, 0.15) is 39.0 Å². The first-order chi connectivity index (χ1) is 9.67. The predicted octanol–water partition coefficient (Wildman–Crippen LogP) is 3.10. The molecule has 3 amide bonds. The van der Waals surface area contributed by atoms with Crippen molar-refractivity contribution in [3.63, 3.8) is 0 Å². The van der Waals surface area contributed by atoms with Crippen molar-refractivity contribution >= 4 is 23.3 Å². The van der Waals surface area contributed by atoms with Gasteiger partial charge in [0.05, 0.1) is 0 Å². The van der Waals surface area contributed by atoms with Crippen molar-refractivity contribution in [3.8, 4) is 0 Å². The molecule has 0 atom stereocenters. The average Bonchev–Trinajstić information content (AvgIpc) is 2.91. The average molecular weight is 275 g/mol. The Labute approximate surface area is 119 Å². The van der Waals surface area contributed by atoms with E-state index in [9.17, 15) is 9.59 Å². The Hall–Kier alpha value is -2.04. The molecule has 0 aliphatic heterocycles. The molecule has 0 saturated heterocycles. The lowest BCUT2D eigenvalue weighted by molar-refractivity contribution is -0.115. The highest BCUT2D eigenvalue weighted by Gasteiger charge is 2.16. The topological polar surface area (TPSA) is 70.2 Å². The number of anilines is 2. The lowest BCUT2D eigenvalue weighted by Crippen LogP contribution is -2.36. The molecule has 0 bridgehead atoms. The molecular formula is C15H21N3O2. The second-order valence-electron chi connectivity index (χ2n) is 5.06. The fourth-order valence-electron chi connectivity index (χ4n) is 2.35. The van der Waals surface area contributed by atoms with E-state index in [2.05, 4.69) is 16.0 Å². The van der Waals surface area contributed by atoms with Gasteiger partial charge in [0.15, 0.2) is 0 Å². The number of rotatable bonds is 4. The molecule has 0 unspecified atom stereocenters. The van der Waals surface area contributed by atoms with Crippen molar-refractivity contribution in [1.29, 1.82) is 0 Å². The Morgan fingerprint density at radius 2 is 1.80 bits per heavy atom. The van der Waals surface area contributed by atoms with E-state index in [0.29, 0.717) is 17.8 Å². The summed E-state index contributed by atoms with van der Waals surface area (Å²) in [6.07, 6.45) is 4.91. The first-order valence-electron chi connectivity index (χ1n) is 7.15. The molecular weight excluding hydrogens is 254 g/mol. The van der Waals surface area contributed by atoms with Crippen LogP contribution in [0.25, 0.3) is 0 Å². The molecule has 1 fully saturated rings. The number of nitrogens with one attached hydrogen (secondary N) is 3. The molecule has 5 nitrogen and oxygen atoms in total. The molecule has 0 spiro atoms. The van der Waals surface area contributed by atoms with Crippen LogP contribution < -0.4 is 16.0 Å². The van der Waals surface area contributed by atoms with Crippen LogP contribution >= 0.6 is 0 Å². The quantitative estimate of drug-likeness (QED) is 0.790. The normalized spacial score (nSPS) is 14.8. The summed E-state index contributed by atoms with van der Waals surface area (Å²) >= 11 is 0. The summed E-state index contributed by atoms with van der Waals surface area (Å²) in [5.74, 6) is -0.0439. The Bertz CT molecular complexity index is 482. The van der Waals surface area contributed by atoms with Crippen LogP contribution in [0.5, 0.6) is 0 Å². The van der Waals surface area contributed by atoms with Gasteiger partial charge in [-0.3, -0.25) is 4.79 Å². The maximum atomic E-state index is 11.8. The third-order valence-electron chi connectivity index (χ3n) is 3.42. The van der Waals surface area contributed by atoms with Gasteiger partial charge in [0.1, 0.15) is 0 Å². The summed E-state index contributed by atoms with van der Waals surface area (Å²) in [4.78, 5) is 23.2. The molecule has 1 saturated carbocycles. The van der Waals surface area contributed by atoms with Gasteiger partial charge in [-0.25, -0.2) is 4.79 Å². The number of benzene rings is 1. The van der Waals surface area contributed by atoms with Gasteiger partial charge < -0.3 is 16.0 Å². The smallest absolute Gasteiger partial charge is 0.319 e. The van der Waals surface area contributed by atoms with E-state index < -0.39 is 0 Å². The van der Waals surface area contributed by atoms with E-state index in [1.807, 2.05) is 0 Å². The van der Waals surface area contributed by atoms with E-state index in [-0.39, 0.29) is 18.0 Å². The molecule has 1 aliphatic carbocycles. The van der Waals surface area contributed by atoms with Crippen LogP contribution in [0, 0.1) is 0 Å². The molecule has 0 radical (unpaired) electrons. The highest BCUT2D eigenvalue weighted by molar-refractivity contribution is 5.93. The van der Waals surface area contributed by atoms with Crippen molar-refractivity contribution in [2.45, 2.75) is 45.1 Å². The first-order valence-corrected chi connectivity index (χ1v) is 7.15. The largest absolute Gasteiger partial charge is 0.335 e. The molecule has 5 heteroatoms. The van der Waals surface area contributed by atoms with Gasteiger partial charge in [-0.2, -0.15) is 0 Å². The first kappa shape index (κ1) is 14.4. The Kier molecular flexibility index (Phi) is 4.98. The van der Waals surface area contributed by atoms with Crippen LogP contribution in [-0.2, 0) is 4.79 Å². The van der Waals surface area contributed by atoms with Gasteiger partial charge in [-0.05, 0) is 31.0 Å². The van der Waals surface area contributed by atoms with E-state index in [1.54, 1.807) is 31.2 Å². The lowest BCUT2D eigenvalue weighted by atomic mass is 10.2. The molecule has 3 N–H and O–H groups in total. The number of urea groups is 1. The lowest BCUT2D eigenvalue weighted by Gasteiger charge is -2.13. The standard InChI is InChI=1S/C15H21N3O2/c1-2-14(19)16-12-8-5-9-13(10-12)18-15(20)17-11-6-3-4-7-11/h5,8-11H,2-4,6-7H2,1H3,(H,16,19)(H2,17,18,20). The van der Waals surface area contributed by atoms with E-state index in [0.717, 1.165) is 12.8 Å². The summed E-state index contributed by atoms with van der Waals surface area (Å²) in [7, 11) is 0. The number of hydrogen-bond acceptors (Lipinski definition) is 2. The van der Waals surface area contributed by atoms with Crippen molar-refractivity contribution < 1.29 is 9.59 Å². The Balaban J connectivity index is 1.89. The molecule has 1 aliphatic rings. The van der Waals surface area contributed by atoms with Crippen LogP contribution in [0.4, 0.5) is 16.2 Å². The molecule has 1 aromatic carbocycles. The van der Waals surface area contributed by atoms with Crippen molar-refractivity contribution in [1.82, 2.24) is 5.32 Å². The molecule has 0 heterocycles. The second kappa shape index (κ2) is 6.93. The summed E-state index contributed by atoms with van der Waals surface area (Å²) < 4.78 is 0. The summed E-state index contributed by atoms with van der Waals surface area (Å²) in [6.45, 7) is 1.80. The minimum Gasteiger partial charge on any atom is -0.335 e. The van der Waals surface area contributed by atoms with Gasteiger partial charge >= 0.3 is 6.03 Å². The maximum absolute atomic E-state index is 11.8. The monoisotopic (exact) mass is 275 g/mol. The van der Waals surface area contributed by atoms with E-state index in [1.165, 1.54) is 12.8 Å². The van der Waals surface area contributed by atoms with E-state index in [4.69, 9.17) is 0 Å². The number of carbonyl (C=O) groups excluding carboxylic acids is 2. The van der Waals surface area contributed by atoms with Crippen LogP contribution in [0.3, 0.4) is 0 Å². The van der Waals surface area contributed by atoms with Crippen molar-refractivity contribution in [3.05, 3.63) is 24.3 Å². The van der Waals surface area contributed by atoms with Crippen LogP contribution in [0.15, 0.2) is 24.3 Å². The number of hydrogen-bond donors (Lipinski definition) is 3. The Morgan fingerprint density at radius 3 is 2.45 bits per heavy atom. The zero-order valence-corrected chi connectivity index (χ0v) is 11.7. The fraction of sp³-hybridized carbons (Fsp3) is 0.467. The molecule has 20 heavy (non-hydrogen) atoms. The summed E-state index contributed by atoms with van der Waals surface area (Å²) in [5.41, 5.74) is 1.37. The fourth-order valence-corrected chi connectivity index (χ4v) is 2.35. The van der Waals surface area contributed by atoms with Crippen molar-refractivity contribution in [2.75, 3.05) is 10.6 Å². The predicted molar refractivity (Wildman–Crippen MR) is 79.8 cm³/mol. The third-order valence-corrected chi connectivity index (χ3v) is 3.42. The van der Waals surface area contributed by atoms with Gasteiger partial charge in [-0.15, -0.1) is 0 Å². The highest BCUT2D eigenvalue weighted by atomic mass is 16.2. The second-order valence-corrected chi connectivity index (χ2v) is 5.06. The summed E-state index contributed by atoms with van der Waals surface area (Å²) in [5, 5.41) is 8.53. The number of amides is 3. The number of carbonyl (C=O) groups is 2. The summed E-state index contributed by atoms with van der Waals surface area (Å²) in [6, 6.07) is 7.26. The minimum atomic E-state index is -0.184. The molecule has 108 valence electrons. The SMILES string of the molecule is CCC(=O)Nc1cccc(NC(=O)NC2CCCC2)c1. The van der Waals surface area contributed by atoms with E-state index >= 15 is 0 Å². The Morgan fingerprint density at radius 1 is 1.15 bits per heavy atom. The van der Waals surface area contributed by atoms with Crippen LogP contribution in [-0.4, -0.2) is 18.0 Å². The maximum Gasteiger partial charge on any atom is 0.319 e. The van der Waals surface area contributed by atoms with Crippen molar-refractivity contribution in [2.24, 2.45) is 0 Å². The van der Waals surface area contributed by atoms with Gasteiger partial charge in [-0.1, -0.05) is 25.8 Å².